The zero-order valence-corrected chi connectivity index (χ0v) is 58.5. The number of aliphatic hydroxyl groups excluding tert-OH is 1. The van der Waals surface area contributed by atoms with E-state index in [2.05, 4.69) is 27.7 Å². The van der Waals surface area contributed by atoms with Gasteiger partial charge in [0.25, 0.3) is 0 Å². The summed E-state index contributed by atoms with van der Waals surface area (Å²) >= 11 is 0. The van der Waals surface area contributed by atoms with Crippen molar-refractivity contribution in [2.24, 2.45) is 0 Å². The quantitative estimate of drug-likeness (QED) is 0.0222. The fourth-order valence-electron chi connectivity index (χ4n) is 10.5. The summed E-state index contributed by atoms with van der Waals surface area (Å²) in [6.45, 7) is 4.80. The molecule has 0 bridgehead atoms. The van der Waals surface area contributed by atoms with Gasteiger partial charge in [-0.15, -0.1) is 0 Å². The molecule has 0 rings (SSSR count). The van der Waals surface area contributed by atoms with E-state index in [4.69, 9.17) is 37.0 Å². The number of phosphoric acid groups is 2. The highest BCUT2D eigenvalue weighted by Gasteiger charge is 2.30. The molecular formula is C69H134O17P2. The molecule has 522 valence electrons. The summed E-state index contributed by atoms with van der Waals surface area (Å²) in [7, 11) is -9.88. The molecule has 0 spiro atoms. The van der Waals surface area contributed by atoms with Gasteiger partial charge in [0, 0.05) is 25.7 Å². The minimum atomic E-state index is -4.95. The highest BCUT2D eigenvalue weighted by Crippen LogP contribution is 2.45. The van der Waals surface area contributed by atoms with Crippen LogP contribution < -0.4 is 0 Å². The standard InChI is InChI=1S/C69H134O17P2/c1-5-9-13-17-20-22-24-26-28-30-31-32-33-35-37-39-41-44-48-52-56-69(74)86-65(60-80-67(72)54-50-46-43-40-38-36-34-29-27-25-23-21-18-14-10-6-2)62-84-88(77,78)82-58-63(70)57-81-87(75,76)83-61-64(59-79-66(71)53-49-45-16-12-8-4)85-68(73)55-51-47-42-19-15-11-7-3/h63-65,70H,5-62H2,1-4H3,(H,75,76)(H,77,78)/t63-,64+,65+/m0/s1. The summed E-state index contributed by atoms with van der Waals surface area (Å²) in [4.78, 5) is 72.0. The third kappa shape index (κ3) is 62.8. The van der Waals surface area contributed by atoms with Crippen molar-refractivity contribution in [1.29, 1.82) is 0 Å². The van der Waals surface area contributed by atoms with E-state index in [9.17, 15) is 43.2 Å². The predicted octanol–water partition coefficient (Wildman–Crippen LogP) is 19.9. The van der Waals surface area contributed by atoms with Crippen LogP contribution in [0.1, 0.15) is 362 Å². The molecule has 0 aliphatic heterocycles. The van der Waals surface area contributed by atoms with Gasteiger partial charge >= 0.3 is 39.5 Å². The fourth-order valence-corrected chi connectivity index (χ4v) is 12.1. The molecule has 0 saturated heterocycles. The van der Waals surface area contributed by atoms with E-state index in [1.165, 1.54) is 173 Å². The van der Waals surface area contributed by atoms with Crippen molar-refractivity contribution in [2.45, 2.75) is 380 Å². The Morgan fingerprint density at radius 3 is 0.670 bits per heavy atom. The Kier molecular flexibility index (Phi) is 62.4. The lowest BCUT2D eigenvalue weighted by molar-refractivity contribution is -0.161. The summed E-state index contributed by atoms with van der Waals surface area (Å²) in [6, 6.07) is 0. The van der Waals surface area contributed by atoms with E-state index in [1.54, 1.807) is 0 Å². The first-order valence-corrected chi connectivity index (χ1v) is 39.3. The Morgan fingerprint density at radius 2 is 0.455 bits per heavy atom. The van der Waals surface area contributed by atoms with Gasteiger partial charge in [0.05, 0.1) is 26.4 Å². The molecule has 0 aromatic heterocycles. The molecule has 17 nitrogen and oxygen atoms in total. The van der Waals surface area contributed by atoms with Crippen molar-refractivity contribution in [3.05, 3.63) is 0 Å². The summed E-state index contributed by atoms with van der Waals surface area (Å²) in [5, 5.41) is 10.5. The Bertz CT molecular complexity index is 1690. The van der Waals surface area contributed by atoms with E-state index >= 15 is 0 Å². The molecule has 0 amide bonds. The summed E-state index contributed by atoms with van der Waals surface area (Å²) < 4.78 is 67.9. The van der Waals surface area contributed by atoms with Crippen molar-refractivity contribution < 1.29 is 80.2 Å². The average molecular weight is 1300 g/mol. The number of carbonyl (C=O) groups excluding carboxylic acids is 4. The number of hydrogen-bond donors (Lipinski definition) is 3. The first-order valence-electron chi connectivity index (χ1n) is 36.3. The van der Waals surface area contributed by atoms with Crippen LogP contribution in [-0.4, -0.2) is 96.7 Å². The van der Waals surface area contributed by atoms with Gasteiger partial charge in [-0.2, -0.15) is 0 Å². The zero-order chi connectivity index (χ0) is 64.7. The minimum absolute atomic E-state index is 0.103. The maximum absolute atomic E-state index is 13.0. The van der Waals surface area contributed by atoms with Crippen molar-refractivity contribution in [3.63, 3.8) is 0 Å². The summed E-state index contributed by atoms with van der Waals surface area (Å²) in [6.07, 6.45) is 52.1. The molecule has 0 fully saturated rings. The Labute approximate surface area is 537 Å². The van der Waals surface area contributed by atoms with Gasteiger partial charge in [0.2, 0.25) is 0 Å². The fraction of sp³-hybridized carbons (Fsp3) is 0.942. The van der Waals surface area contributed by atoms with E-state index in [-0.39, 0.29) is 25.7 Å². The molecule has 0 aromatic rings. The van der Waals surface area contributed by atoms with E-state index < -0.39 is 97.5 Å². The van der Waals surface area contributed by atoms with Crippen LogP contribution in [0.3, 0.4) is 0 Å². The van der Waals surface area contributed by atoms with Gasteiger partial charge in [-0.3, -0.25) is 37.3 Å². The van der Waals surface area contributed by atoms with Crippen molar-refractivity contribution in [2.75, 3.05) is 39.6 Å². The Balaban J connectivity index is 5.09. The second-order valence-corrected chi connectivity index (χ2v) is 27.8. The highest BCUT2D eigenvalue weighted by molar-refractivity contribution is 7.47. The lowest BCUT2D eigenvalue weighted by Gasteiger charge is -2.21. The molecule has 2 unspecified atom stereocenters. The van der Waals surface area contributed by atoms with Crippen LogP contribution in [0.15, 0.2) is 0 Å². The smallest absolute Gasteiger partial charge is 0.462 e. The molecule has 5 atom stereocenters. The Morgan fingerprint density at radius 1 is 0.273 bits per heavy atom. The van der Waals surface area contributed by atoms with Gasteiger partial charge in [-0.25, -0.2) is 9.13 Å². The van der Waals surface area contributed by atoms with Crippen molar-refractivity contribution in [3.8, 4) is 0 Å². The third-order valence-corrected chi connectivity index (χ3v) is 18.0. The number of unbranched alkanes of at least 4 members (excludes halogenated alkanes) is 44. The maximum Gasteiger partial charge on any atom is 0.472 e. The number of aliphatic hydroxyl groups is 1. The topological polar surface area (TPSA) is 237 Å². The predicted molar refractivity (Wildman–Crippen MR) is 354 cm³/mol. The molecule has 0 aliphatic rings. The molecule has 0 heterocycles. The summed E-state index contributed by atoms with van der Waals surface area (Å²) in [5.74, 6) is -2.14. The first-order chi connectivity index (χ1) is 42.7. The number of ether oxygens (including phenoxy) is 4. The highest BCUT2D eigenvalue weighted by atomic mass is 31.2. The normalized spacial score (nSPS) is 14.0. The SMILES string of the molecule is CCCCCCCCCCCCCCCCCCCCCCC(=O)O[C@H](COC(=O)CCCCCCCCCCCCCCCCCC)COP(=O)(O)OC[C@@H](O)COP(=O)(O)OC[C@@H](COC(=O)CCCCCCC)OC(=O)CCCCCCCCC. The van der Waals surface area contributed by atoms with E-state index in [0.29, 0.717) is 25.7 Å². The van der Waals surface area contributed by atoms with Crippen molar-refractivity contribution in [1.82, 2.24) is 0 Å². The van der Waals surface area contributed by atoms with Crippen LogP contribution in [0, 0.1) is 0 Å². The molecule has 0 saturated carbocycles. The molecular weight excluding hydrogens is 1160 g/mol. The second kappa shape index (κ2) is 63.8. The number of rotatable bonds is 70. The van der Waals surface area contributed by atoms with Crippen LogP contribution in [0.2, 0.25) is 0 Å². The van der Waals surface area contributed by atoms with Crippen molar-refractivity contribution >= 4 is 39.5 Å². The molecule has 0 aliphatic carbocycles. The van der Waals surface area contributed by atoms with Gasteiger partial charge < -0.3 is 33.8 Å². The molecule has 3 N–H and O–H groups in total. The van der Waals surface area contributed by atoms with E-state index in [1.807, 2.05) is 0 Å². The molecule has 0 aromatic carbocycles. The summed E-state index contributed by atoms with van der Waals surface area (Å²) in [5.41, 5.74) is 0. The number of carbonyl (C=O) groups is 4. The van der Waals surface area contributed by atoms with Crippen LogP contribution in [0.4, 0.5) is 0 Å². The number of phosphoric ester groups is 2. The van der Waals surface area contributed by atoms with Crippen LogP contribution in [-0.2, 0) is 65.4 Å². The minimum Gasteiger partial charge on any atom is -0.462 e. The third-order valence-electron chi connectivity index (χ3n) is 16.1. The molecule has 19 heteroatoms. The molecule has 88 heavy (non-hydrogen) atoms. The Hall–Kier alpha value is -1.94. The first kappa shape index (κ1) is 86.1. The number of hydrogen-bond acceptors (Lipinski definition) is 15. The van der Waals surface area contributed by atoms with Crippen LogP contribution >= 0.6 is 15.6 Å². The van der Waals surface area contributed by atoms with Gasteiger partial charge in [0.15, 0.2) is 12.2 Å². The lowest BCUT2D eigenvalue weighted by atomic mass is 10.0. The maximum atomic E-state index is 13.0. The van der Waals surface area contributed by atoms with E-state index in [0.717, 1.165) is 109 Å². The monoisotopic (exact) mass is 1300 g/mol. The molecule has 0 radical (unpaired) electrons. The van der Waals surface area contributed by atoms with Gasteiger partial charge in [0.1, 0.15) is 19.3 Å². The largest absolute Gasteiger partial charge is 0.472 e. The second-order valence-electron chi connectivity index (χ2n) is 24.9. The van der Waals surface area contributed by atoms with Gasteiger partial charge in [-0.05, 0) is 25.7 Å². The van der Waals surface area contributed by atoms with Crippen LogP contribution in [0.5, 0.6) is 0 Å². The lowest BCUT2D eigenvalue weighted by Crippen LogP contribution is -2.30. The number of esters is 4. The zero-order valence-electron chi connectivity index (χ0n) is 56.7. The van der Waals surface area contributed by atoms with Crippen LogP contribution in [0.25, 0.3) is 0 Å². The van der Waals surface area contributed by atoms with Gasteiger partial charge in [-0.1, -0.05) is 310 Å². The average Bonchev–Trinajstić information content (AvgIpc) is 3.68.